The second-order valence-electron chi connectivity index (χ2n) is 4.76. The van der Waals surface area contributed by atoms with Crippen molar-refractivity contribution in [2.75, 3.05) is 13.7 Å². The smallest absolute Gasteiger partial charge is 0.305 e. The Hall–Kier alpha value is -1.40. The number of aryl methyl sites for hydroxylation is 1. The first-order valence-corrected chi connectivity index (χ1v) is 7.79. The van der Waals surface area contributed by atoms with Crippen molar-refractivity contribution in [2.24, 2.45) is 5.92 Å². The highest BCUT2D eigenvalue weighted by molar-refractivity contribution is 7.86. The van der Waals surface area contributed by atoms with Gasteiger partial charge < -0.3 is 4.74 Å². The summed E-state index contributed by atoms with van der Waals surface area (Å²) in [5.74, 6) is -0.297. The highest BCUT2D eigenvalue weighted by atomic mass is 32.2. The molecular weight excluding hydrogens is 280 g/mol. The van der Waals surface area contributed by atoms with E-state index in [9.17, 15) is 13.2 Å². The van der Waals surface area contributed by atoms with E-state index < -0.39 is 10.1 Å². The van der Waals surface area contributed by atoms with E-state index >= 15 is 0 Å². The van der Waals surface area contributed by atoms with Gasteiger partial charge in [-0.25, -0.2) is 0 Å². The van der Waals surface area contributed by atoms with Crippen molar-refractivity contribution in [3.63, 3.8) is 0 Å². The summed E-state index contributed by atoms with van der Waals surface area (Å²) in [4.78, 5) is 11.2. The van der Waals surface area contributed by atoms with Crippen LogP contribution < -0.4 is 0 Å². The summed E-state index contributed by atoms with van der Waals surface area (Å²) in [6.07, 6.45) is 0.727. The second-order valence-corrected chi connectivity index (χ2v) is 6.38. The Morgan fingerprint density at radius 1 is 1.25 bits per heavy atom. The highest BCUT2D eigenvalue weighted by Crippen LogP contribution is 2.15. The molecule has 6 heteroatoms. The van der Waals surface area contributed by atoms with Gasteiger partial charge in [-0.3, -0.25) is 8.98 Å². The summed E-state index contributed by atoms with van der Waals surface area (Å²) in [6.45, 7) is 3.78. The van der Waals surface area contributed by atoms with Gasteiger partial charge in [-0.05, 0) is 31.4 Å². The maximum absolute atomic E-state index is 11.9. The summed E-state index contributed by atoms with van der Waals surface area (Å²) in [5, 5.41) is 0. The van der Waals surface area contributed by atoms with Gasteiger partial charge in [-0.1, -0.05) is 24.6 Å². The Kier molecular flexibility index (Phi) is 6.16. The maximum atomic E-state index is 11.9. The van der Waals surface area contributed by atoms with Crippen molar-refractivity contribution in [1.29, 1.82) is 0 Å². The minimum absolute atomic E-state index is 0.00988. The number of benzene rings is 1. The number of rotatable bonds is 7. The Morgan fingerprint density at radius 3 is 2.40 bits per heavy atom. The summed E-state index contributed by atoms with van der Waals surface area (Å²) in [6, 6.07) is 6.47. The molecule has 1 aromatic carbocycles. The van der Waals surface area contributed by atoms with Crippen LogP contribution in [0.1, 0.15) is 25.3 Å². The largest absolute Gasteiger partial charge is 0.469 e. The van der Waals surface area contributed by atoms with Gasteiger partial charge in [-0.2, -0.15) is 8.42 Å². The minimum atomic E-state index is -3.72. The van der Waals surface area contributed by atoms with Crippen LogP contribution in [0.3, 0.4) is 0 Å². The molecule has 1 aromatic rings. The van der Waals surface area contributed by atoms with Crippen LogP contribution in [0.2, 0.25) is 0 Å². The van der Waals surface area contributed by atoms with Crippen molar-refractivity contribution in [2.45, 2.75) is 31.6 Å². The Morgan fingerprint density at radius 2 is 1.85 bits per heavy atom. The molecule has 0 aliphatic carbocycles. The Labute approximate surface area is 120 Å². The van der Waals surface area contributed by atoms with Gasteiger partial charge in [0, 0.05) is 6.42 Å². The first-order valence-electron chi connectivity index (χ1n) is 6.38. The van der Waals surface area contributed by atoms with Gasteiger partial charge in [0.2, 0.25) is 0 Å². The van der Waals surface area contributed by atoms with Gasteiger partial charge in [0.1, 0.15) is 0 Å². The number of methoxy groups -OCH3 is 1. The average molecular weight is 300 g/mol. The lowest BCUT2D eigenvalue weighted by molar-refractivity contribution is -0.141. The summed E-state index contributed by atoms with van der Waals surface area (Å²) in [7, 11) is -2.40. The number of ether oxygens (including phenoxy) is 1. The van der Waals surface area contributed by atoms with Gasteiger partial charge in [-0.15, -0.1) is 0 Å². The predicted molar refractivity (Wildman–Crippen MR) is 74.7 cm³/mol. The monoisotopic (exact) mass is 300 g/mol. The molecule has 1 atom stereocenters. The minimum Gasteiger partial charge on any atom is -0.469 e. The van der Waals surface area contributed by atoms with Gasteiger partial charge in [0.15, 0.2) is 0 Å². The molecule has 5 nitrogen and oxygen atoms in total. The van der Waals surface area contributed by atoms with Gasteiger partial charge in [0.05, 0.1) is 18.6 Å². The molecule has 1 rings (SSSR count). The zero-order valence-corrected chi connectivity index (χ0v) is 12.8. The van der Waals surface area contributed by atoms with E-state index in [1.165, 1.54) is 19.2 Å². The fraction of sp³-hybridized carbons (Fsp3) is 0.500. The number of hydrogen-bond donors (Lipinski definition) is 0. The van der Waals surface area contributed by atoms with Crippen LogP contribution >= 0.6 is 0 Å². The van der Waals surface area contributed by atoms with Crippen LogP contribution in [0, 0.1) is 12.8 Å². The summed E-state index contributed by atoms with van der Waals surface area (Å²) >= 11 is 0. The van der Waals surface area contributed by atoms with E-state index in [1.54, 1.807) is 12.1 Å². The fourth-order valence-electron chi connectivity index (χ4n) is 1.60. The molecule has 0 aromatic heterocycles. The number of esters is 1. The van der Waals surface area contributed by atoms with E-state index in [0.717, 1.165) is 5.56 Å². The lowest BCUT2D eigenvalue weighted by Gasteiger charge is -2.10. The van der Waals surface area contributed by atoms with Crippen LogP contribution in [-0.4, -0.2) is 28.1 Å². The molecule has 0 amide bonds. The fourth-order valence-corrected chi connectivity index (χ4v) is 2.52. The zero-order chi connectivity index (χ0) is 15.2. The van der Waals surface area contributed by atoms with E-state index in [1.807, 2.05) is 13.8 Å². The molecule has 0 aliphatic heterocycles. The third kappa shape index (κ3) is 5.30. The number of carbonyl (C=O) groups is 1. The third-order valence-corrected chi connectivity index (χ3v) is 4.23. The predicted octanol–water partition coefficient (Wildman–Crippen LogP) is 2.29. The highest BCUT2D eigenvalue weighted by Gasteiger charge is 2.16. The molecule has 0 spiro atoms. The van der Waals surface area contributed by atoms with Crippen molar-refractivity contribution in [3.8, 4) is 0 Å². The molecule has 0 N–H and O–H groups in total. The van der Waals surface area contributed by atoms with E-state index in [-0.39, 0.29) is 29.8 Å². The SMILES string of the molecule is COC(=O)C[C@@H](C)CCOS(=O)(=O)c1ccc(C)cc1. The van der Waals surface area contributed by atoms with E-state index in [0.29, 0.717) is 6.42 Å². The molecule has 0 heterocycles. The molecule has 0 unspecified atom stereocenters. The Bertz CT molecular complexity index is 533. The van der Waals surface area contributed by atoms with Crippen LogP contribution in [0.25, 0.3) is 0 Å². The molecule has 20 heavy (non-hydrogen) atoms. The molecule has 112 valence electrons. The van der Waals surface area contributed by atoms with Crippen molar-refractivity contribution < 1.29 is 22.1 Å². The van der Waals surface area contributed by atoms with E-state index in [4.69, 9.17) is 4.18 Å². The second kappa shape index (κ2) is 7.40. The van der Waals surface area contributed by atoms with Gasteiger partial charge in [0.25, 0.3) is 10.1 Å². The van der Waals surface area contributed by atoms with Gasteiger partial charge >= 0.3 is 5.97 Å². The average Bonchev–Trinajstić information content (AvgIpc) is 2.38. The lowest BCUT2D eigenvalue weighted by atomic mass is 10.1. The first-order chi connectivity index (χ1) is 9.35. The first kappa shape index (κ1) is 16.7. The van der Waals surface area contributed by atoms with Crippen molar-refractivity contribution in [3.05, 3.63) is 29.8 Å². The molecule has 0 fully saturated rings. The van der Waals surface area contributed by atoms with E-state index in [2.05, 4.69) is 4.74 Å². The topological polar surface area (TPSA) is 69.7 Å². The van der Waals surface area contributed by atoms with Crippen LogP contribution in [-0.2, 0) is 23.8 Å². The molecule has 0 radical (unpaired) electrons. The summed E-state index contributed by atoms with van der Waals surface area (Å²) in [5.41, 5.74) is 0.982. The number of hydrogen-bond acceptors (Lipinski definition) is 5. The number of carbonyl (C=O) groups excluding carboxylic acids is 1. The molecule has 0 saturated heterocycles. The van der Waals surface area contributed by atoms with Crippen LogP contribution in [0.15, 0.2) is 29.2 Å². The molecule has 0 saturated carbocycles. The van der Waals surface area contributed by atoms with Crippen molar-refractivity contribution >= 4 is 16.1 Å². The quantitative estimate of drug-likeness (QED) is 0.571. The third-order valence-electron chi connectivity index (χ3n) is 2.90. The standard InChI is InChI=1S/C14H20O5S/c1-11-4-6-13(7-5-11)20(16,17)19-9-8-12(2)10-14(15)18-3/h4-7,12H,8-10H2,1-3H3/t12-/m0/s1. The Balaban J connectivity index is 2.48. The lowest BCUT2D eigenvalue weighted by Crippen LogP contribution is -2.12. The van der Waals surface area contributed by atoms with Crippen LogP contribution in [0.4, 0.5) is 0 Å². The van der Waals surface area contributed by atoms with Crippen LogP contribution in [0.5, 0.6) is 0 Å². The zero-order valence-electron chi connectivity index (χ0n) is 12.0. The molecular formula is C14H20O5S. The molecule has 0 bridgehead atoms. The molecule has 0 aliphatic rings. The maximum Gasteiger partial charge on any atom is 0.305 e. The van der Waals surface area contributed by atoms with Crippen molar-refractivity contribution in [1.82, 2.24) is 0 Å². The normalized spacial score (nSPS) is 12.9. The summed E-state index contributed by atoms with van der Waals surface area (Å²) < 4.78 is 33.3.